The molecule has 1 aromatic carbocycles. The molecule has 0 saturated carbocycles. The molecule has 1 fully saturated rings. The number of carbonyl (C=O) groups is 2. The molecule has 1 N–H and O–H groups in total. The van der Waals surface area contributed by atoms with Crippen molar-refractivity contribution < 1.29 is 9.59 Å². The van der Waals surface area contributed by atoms with Gasteiger partial charge in [-0.3, -0.25) is 4.79 Å². The summed E-state index contributed by atoms with van der Waals surface area (Å²) in [6.07, 6.45) is 2.81. The Bertz CT molecular complexity index is 974. The molecule has 2 aromatic rings. The second kappa shape index (κ2) is 8.69. The van der Waals surface area contributed by atoms with Crippen LogP contribution in [0.2, 0.25) is 0 Å². The lowest BCUT2D eigenvalue weighted by Crippen LogP contribution is -2.45. The number of aromatic nitrogens is 3. The first kappa shape index (κ1) is 21.3. The Morgan fingerprint density at radius 3 is 2.58 bits per heavy atom. The Kier molecular flexibility index (Phi) is 5.98. The highest BCUT2D eigenvalue weighted by Crippen LogP contribution is 2.27. The zero-order valence-electron chi connectivity index (χ0n) is 18.9. The molecule has 0 bridgehead atoms. The summed E-state index contributed by atoms with van der Waals surface area (Å²) >= 11 is 0. The Balaban J connectivity index is 1.57. The van der Waals surface area contributed by atoms with Crippen LogP contribution in [0.15, 0.2) is 18.2 Å². The fourth-order valence-corrected chi connectivity index (χ4v) is 4.42. The third-order valence-electron chi connectivity index (χ3n) is 6.34. The fraction of sp³-hybridized carbons (Fsp3) is 0.565. The highest BCUT2D eigenvalue weighted by Gasteiger charge is 2.28. The number of hydrogen-bond acceptors (Lipinski definition) is 4. The van der Waals surface area contributed by atoms with Crippen molar-refractivity contribution >= 4 is 11.9 Å². The van der Waals surface area contributed by atoms with Crippen LogP contribution in [0.25, 0.3) is 5.69 Å². The summed E-state index contributed by atoms with van der Waals surface area (Å²) in [5, 5.41) is 11.6. The predicted molar refractivity (Wildman–Crippen MR) is 118 cm³/mol. The number of fused-ring (bicyclic) bond motifs is 1. The molecule has 8 nitrogen and oxygen atoms in total. The standard InChI is InChI=1S/C23H32N6O2/c1-15(2)24-23(31)28-13-10-19-18(14-28)6-5-7-20(19)29-17(4)21(25-26-29)22(30)27-11-8-16(3)9-12-27/h5-7,15-16H,8-14H2,1-4H3,(H,24,31). The van der Waals surface area contributed by atoms with Gasteiger partial charge in [0.1, 0.15) is 0 Å². The van der Waals surface area contributed by atoms with E-state index in [0.717, 1.165) is 54.9 Å². The van der Waals surface area contributed by atoms with Crippen LogP contribution >= 0.6 is 0 Å². The van der Waals surface area contributed by atoms with Gasteiger partial charge in [-0.2, -0.15) is 0 Å². The second-order valence-electron chi connectivity index (χ2n) is 9.10. The average Bonchev–Trinajstić information content (AvgIpc) is 3.13. The molecule has 2 aliphatic rings. The number of hydrogen-bond donors (Lipinski definition) is 1. The molecule has 166 valence electrons. The topological polar surface area (TPSA) is 83.4 Å². The van der Waals surface area contributed by atoms with Gasteiger partial charge in [-0.25, -0.2) is 9.48 Å². The van der Waals surface area contributed by atoms with Gasteiger partial charge in [0.2, 0.25) is 0 Å². The molecule has 0 spiro atoms. The highest BCUT2D eigenvalue weighted by atomic mass is 16.2. The molecule has 0 aliphatic carbocycles. The van der Waals surface area contributed by atoms with E-state index in [2.05, 4.69) is 28.6 Å². The number of nitrogens with zero attached hydrogens (tertiary/aromatic N) is 5. The number of amides is 3. The molecule has 2 aliphatic heterocycles. The molecule has 1 aromatic heterocycles. The van der Waals surface area contributed by atoms with Gasteiger partial charge >= 0.3 is 6.03 Å². The molecule has 3 amide bonds. The summed E-state index contributed by atoms with van der Waals surface area (Å²) in [6.45, 7) is 10.8. The first-order valence-electron chi connectivity index (χ1n) is 11.2. The van der Waals surface area contributed by atoms with E-state index in [1.54, 1.807) is 4.68 Å². The second-order valence-corrected chi connectivity index (χ2v) is 9.10. The monoisotopic (exact) mass is 424 g/mol. The quantitative estimate of drug-likeness (QED) is 0.821. The van der Waals surface area contributed by atoms with E-state index in [9.17, 15) is 9.59 Å². The summed E-state index contributed by atoms with van der Waals surface area (Å²) in [4.78, 5) is 29.2. The van der Waals surface area contributed by atoms with Gasteiger partial charge in [0, 0.05) is 32.2 Å². The zero-order chi connectivity index (χ0) is 22.1. The maximum absolute atomic E-state index is 13.0. The lowest BCUT2D eigenvalue weighted by Gasteiger charge is -2.31. The van der Waals surface area contributed by atoms with Gasteiger partial charge in [-0.15, -0.1) is 5.10 Å². The van der Waals surface area contributed by atoms with Gasteiger partial charge < -0.3 is 15.1 Å². The van der Waals surface area contributed by atoms with Crippen molar-refractivity contribution in [1.82, 2.24) is 30.1 Å². The number of likely N-dealkylation sites (tertiary alicyclic amines) is 1. The minimum Gasteiger partial charge on any atom is -0.337 e. The summed E-state index contributed by atoms with van der Waals surface area (Å²) in [5.41, 5.74) is 4.40. The Morgan fingerprint density at radius 2 is 1.87 bits per heavy atom. The number of carbonyl (C=O) groups excluding carboxylic acids is 2. The van der Waals surface area contributed by atoms with E-state index in [0.29, 0.717) is 24.7 Å². The zero-order valence-corrected chi connectivity index (χ0v) is 18.9. The third kappa shape index (κ3) is 4.29. The number of urea groups is 1. The minimum absolute atomic E-state index is 0.0306. The van der Waals surface area contributed by atoms with Crippen molar-refractivity contribution in [3.05, 3.63) is 40.7 Å². The summed E-state index contributed by atoms with van der Waals surface area (Å²) in [7, 11) is 0. The minimum atomic E-state index is -0.0354. The molecule has 0 unspecified atom stereocenters. The van der Waals surface area contributed by atoms with Gasteiger partial charge in [0.25, 0.3) is 5.91 Å². The van der Waals surface area contributed by atoms with Crippen molar-refractivity contribution in [3.63, 3.8) is 0 Å². The van der Waals surface area contributed by atoms with Crippen LogP contribution in [0.5, 0.6) is 0 Å². The SMILES string of the molecule is Cc1c(C(=O)N2CCC(C)CC2)nnn1-c1cccc2c1CCN(C(=O)NC(C)C)C2. The van der Waals surface area contributed by atoms with E-state index in [4.69, 9.17) is 0 Å². The summed E-state index contributed by atoms with van der Waals surface area (Å²) < 4.78 is 1.78. The average molecular weight is 425 g/mol. The van der Waals surface area contributed by atoms with Crippen LogP contribution in [-0.4, -0.2) is 62.4 Å². The van der Waals surface area contributed by atoms with E-state index < -0.39 is 0 Å². The summed E-state index contributed by atoms with van der Waals surface area (Å²) in [5.74, 6) is 0.635. The smallest absolute Gasteiger partial charge is 0.317 e. The molecule has 8 heteroatoms. The van der Waals surface area contributed by atoms with E-state index in [1.165, 1.54) is 0 Å². The molecule has 0 radical (unpaired) electrons. The molecule has 4 rings (SSSR count). The first-order valence-corrected chi connectivity index (χ1v) is 11.2. The van der Waals surface area contributed by atoms with Crippen LogP contribution < -0.4 is 5.32 Å². The van der Waals surface area contributed by atoms with Gasteiger partial charge in [0.05, 0.1) is 11.4 Å². The normalized spacial score (nSPS) is 17.1. The van der Waals surface area contributed by atoms with Crippen LogP contribution in [0.4, 0.5) is 4.79 Å². The maximum Gasteiger partial charge on any atom is 0.317 e. The van der Waals surface area contributed by atoms with Crippen LogP contribution in [0, 0.1) is 12.8 Å². The van der Waals surface area contributed by atoms with Crippen LogP contribution in [-0.2, 0) is 13.0 Å². The van der Waals surface area contributed by atoms with Crippen molar-refractivity contribution in [3.8, 4) is 5.69 Å². The van der Waals surface area contributed by atoms with Crippen molar-refractivity contribution in [2.24, 2.45) is 5.92 Å². The van der Waals surface area contributed by atoms with E-state index in [1.807, 2.05) is 42.7 Å². The predicted octanol–water partition coefficient (Wildman–Crippen LogP) is 2.92. The van der Waals surface area contributed by atoms with Crippen molar-refractivity contribution in [1.29, 1.82) is 0 Å². The fourth-order valence-electron chi connectivity index (χ4n) is 4.42. The van der Waals surface area contributed by atoms with E-state index in [-0.39, 0.29) is 18.0 Å². The first-order chi connectivity index (χ1) is 14.8. The lowest BCUT2D eigenvalue weighted by atomic mass is 9.97. The molecule has 1 saturated heterocycles. The number of benzene rings is 1. The third-order valence-corrected chi connectivity index (χ3v) is 6.34. The van der Waals surface area contributed by atoms with Crippen LogP contribution in [0.3, 0.4) is 0 Å². The molecular weight excluding hydrogens is 392 g/mol. The van der Waals surface area contributed by atoms with Gasteiger partial charge in [-0.1, -0.05) is 24.3 Å². The van der Waals surface area contributed by atoms with Crippen molar-refractivity contribution in [2.45, 2.75) is 59.5 Å². The number of piperidine rings is 1. The Labute approximate surface area is 183 Å². The van der Waals surface area contributed by atoms with Crippen LogP contribution in [0.1, 0.15) is 60.9 Å². The largest absolute Gasteiger partial charge is 0.337 e. The lowest BCUT2D eigenvalue weighted by molar-refractivity contribution is 0.0690. The highest BCUT2D eigenvalue weighted by molar-refractivity contribution is 5.93. The number of nitrogens with one attached hydrogen (secondary N) is 1. The summed E-state index contributed by atoms with van der Waals surface area (Å²) in [6, 6.07) is 6.12. The molecular formula is C23H32N6O2. The number of rotatable bonds is 3. The van der Waals surface area contributed by atoms with Crippen molar-refractivity contribution in [2.75, 3.05) is 19.6 Å². The van der Waals surface area contributed by atoms with Gasteiger partial charge in [-0.05, 0) is 63.1 Å². The Morgan fingerprint density at radius 1 is 1.13 bits per heavy atom. The maximum atomic E-state index is 13.0. The Hall–Kier alpha value is -2.90. The van der Waals surface area contributed by atoms with E-state index >= 15 is 0 Å². The van der Waals surface area contributed by atoms with Gasteiger partial charge in [0.15, 0.2) is 5.69 Å². The molecule has 0 atom stereocenters. The molecule has 31 heavy (non-hydrogen) atoms. The molecule has 3 heterocycles.